The lowest BCUT2D eigenvalue weighted by atomic mass is 9.89. The number of carbonyl (C=O) groups is 1. The monoisotopic (exact) mass is 400 g/mol. The van der Waals surface area contributed by atoms with Gasteiger partial charge in [-0.25, -0.2) is 9.78 Å². The highest BCUT2D eigenvalue weighted by Crippen LogP contribution is 2.32. The van der Waals surface area contributed by atoms with Crippen molar-refractivity contribution in [2.75, 3.05) is 24.3 Å². The highest BCUT2D eigenvalue weighted by Gasteiger charge is 2.34. The van der Waals surface area contributed by atoms with Crippen molar-refractivity contribution in [2.24, 2.45) is 5.73 Å². The Hall–Kier alpha value is -2.05. The van der Waals surface area contributed by atoms with Crippen molar-refractivity contribution < 1.29 is 4.79 Å². The number of amides is 2. The fourth-order valence-electron chi connectivity index (χ4n) is 5.53. The first-order valence-electron chi connectivity index (χ1n) is 11.4. The molecule has 29 heavy (non-hydrogen) atoms. The summed E-state index contributed by atoms with van der Waals surface area (Å²) < 4.78 is 0. The number of anilines is 2. The van der Waals surface area contributed by atoms with Gasteiger partial charge in [-0.05, 0) is 64.2 Å². The van der Waals surface area contributed by atoms with E-state index >= 15 is 0 Å². The quantitative estimate of drug-likeness (QED) is 0.790. The van der Waals surface area contributed by atoms with E-state index < -0.39 is 0 Å². The minimum Gasteiger partial charge on any atom is -0.362 e. The van der Waals surface area contributed by atoms with Crippen molar-refractivity contribution in [2.45, 2.75) is 95.2 Å². The Morgan fingerprint density at radius 2 is 1.59 bits per heavy atom. The Kier molecular flexibility index (Phi) is 6.11. The first-order chi connectivity index (χ1) is 14.0. The topological polar surface area (TPSA) is 87.4 Å². The smallest absolute Gasteiger partial charge is 0.315 e. The molecule has 4 rings (SSSR count). The van der Waals surface area contributed by atoms with Crippen molar-refractivity contribution in [3.05, 3.63) is 11.3 Å². The maximum Gasteiger partial charge on any atom is 0.315 e. The Morgan fingerprint density at radius 1 is 0.931 bits per heavy atom. The lowest BCUT2D eigenvalue weighted by Crippen LogP contribution is -2.51. The van der Waals surface area contributed by atoms with Crippen LogP contribution in [0.4, 0.5) is 16.6 Å². The molecule has 0 aliphatic heterocycles. The molecule has 0 bridgehead atoms. The molecular formula is C22H36N6O. The average Bonchev–Trinajstić information content (AvgIpc) is 3.22. The number of hydrogen-bond donors (Lipinski definition) is 2. The summed E-state index contributed by atoms with van der Waals surface area (Å²) >= 11 is 0. The molecule has 0 unspecified atom stereocenters. The van der Waals surface area contributed by atoms with Gasteiger partial charge in [-0.2, -0.15) is 4.98 Å². The molecule has 0 spiro atoms. The summed E-state index contributed by atoms with van der Waals surface area (Å²) in [7, 11) is 4.13. The number of nitrogens with zero attached hydrogens (tertiary/aromatic N) is 4. The highest BCUT2D eigenvalue weighted by atomic mass is 16.2. The molecule has 0 radical (unpaired) electrons. The third-order valence-electron chi connectivity index (χ3n) is 6.98. The van der Waals surface area contributed by atoms with Crippen molar-refractivity contribution in [3.8, 4) is 0 Å². The molecule has 7 nitrogen and oxygen atoms in total. The van der Waals surface area contributed by atoms with Gasteiger partial charge >= 0.3 is 6.03 Å². The van der Waals surface area contributed by atoms with Crippen LogP contribution >= 0.6 is 0 Å². The zero-order valence-corrected chi connectivity index (χ0v) is 18.0. The number of aromatic nitrogens is 2. The van der Waals surface area contributed by atoms with E-state index in [0.717, 1.165) is 63.1 Å². The van der Waals surface area contributed by atoms with Crippen LogP contribution in [0.25, 0.3) is 0 Å². The standard InChI is InChI=1S/C22H36N6O/c1-27(2)20-18-9-5-6-10-19(18)25-22(26-20)24-15-11-13-17(14-12-15)28(21(23)29)16-7-3-4-8-16/h15-17H,3-14H2,1-2H3,(H2,23,29)(H,24,25,26)/t15-,17+. The number of fused-ring (bicyclic) bond motifs is 1. The van der Waals surface area contributed by atoms with Crippen LogP contribution in [0.5, 0.6) is 0 Å². The Morgan fingerprint density at radius 3 is 2.24 bits per heavy atom. The molecule has 7 heteroatoms. The molecule has 1 aromatic rings. The van der Waals surface area contributed by atoms with Crippen LogP contribution < -0.4 is 16.0 Å². The Balaban J connectivity index is 1.40. The predicted molar refractivity (Wildman–Crippen MR) is 116 cm³/mol. The van der Waals surface area contributed by atoms with Crippen molar-refractivity contribution in [1.29, 1.82) is 0 Å². The molecule has 2 saturated carbocycles. The van der Waals surface area contributed by atoms with E-state index in [0.29, 0.717) is 12.1 Å². The van der Waals surface area contributed by atoms with Gasteiger partial charge in [-0.15, -0.1) is 0 Å². The first-order valence-corrected chi connectivity index (χ1v) is 11.4. The number of hydrogen-bond acceptors (Lipinski definition) is 5. The van der Waals surface area contributed by atoms with Gasteiger partial charge in [0.25, 0.3) is 0 Å². The Labute approximate surface area is 174 Å². The van der Waals surface area contributed by atoms with E-state index in [1.807, 2.05) is 4.90 Å². The van der Waals surface area contributed by atoms with Crippen LogP contribution in [-0.2, 0) is 12.8 Å². The normalized spacial score (nSPS) is 24.8. The molecule has 1 heterocycles. The van der Waals surface area contributed by atoms with Gasteiger partial charge < -0.3 is 20.9 Å². The minimum atomic E-state index is -0.234. The fourth-order valence-corrected chi connectivity index (χ4v) is 5.53. The predicted octanol–water partition coefficient (Wildman–Crippen LogP) is 3.47. The second kappa shape index (κ2) is 8.76. The van der Waals surface area contributed by atoms with E-state index in [2.05, 4.69) is 24.3 Å². The number of rotatable bonds is 5. The lowest BCUT2D eigenvalue weighted by molar-refractivity contribution is 0.129. The molecule has 1 aromatic heterocycles. The van der Waals surface area contributed by atoms with Crippen LogP contribution in [0.1, 0.15) is 75.5 Å². The first kappa shape index (κ1) is 20.2. The van der Waals surface area contributed by atoms with E-state index in [9.17, 15) is 4.79 Å². The molecular weight excluding hydrogens is 364 g/mol. The second-order valence-corrected chi connectivity index (χ2v) is 9.23. The van der Waals surface area contributed by atoms with Crippen molar-refractivity contribution >= 4 is 17.8 Å². The van der Waals surface area contributed by atoms with Gasteiger partial charge in [0.15, 0.2) is 0 Å². The summed E-state index contributed by atoms with van der Waals surface area (Å²) in [6.45, 7) is 0. The van der Waals surface area contributed by atoms with E-state index in [1.54, 1.807) is 0 Å². The van der Waals surface area contributed by atoms with Crippen molar-refractivity contribution in [3.63, 3.8) is 0 Å². The van der Waals surface area contributed by atoms with Gasteiger partial charge in [0, 0.05) is 37.8 Å². The molecule has 3 aliphatic rings. The number of primary amides is 1. The number of urea groups is 1. The summed E-state index contributed by atoms with van der Waals surface area (Å²) in [6.07, 6.45) is 13.3. The van der Waals surface area contributed by atoms with Crippen LogP contribution in [-0.4, -0.2) is 53.1 Å². The molecule has 0 atom stereocenters. The van der Waals surface area contributed by atoms with Crippen LogP contribution in [0, 0.1) is 0 Å². The SMILES string of the molecule is CN(C)c1nc(N[C@H]2CC[C@@H](N(C(N)=O)C3CCCC3)CC2)nc2c1CCCC2. The largest absolute Gasteiger partial charge is 0.362 e. The molecule has 0 saturated heterocycles. The summed E-state index contributed by atoms with van der Waals surface area (Å²) in [5.74, 6) is 1.83. The summed E-state index contributed by atoms with van der Waals surface area (Å²) in [5.41, 5.74) is 8.30. The van der Waals surface area contributed by atoms with Gasteiger partial charge in [0.05, 0.1) is 5.69 Å². The molecule has 3 aliphatic carbocycles. The van der Waals surface area contributed by atoms with Crippen LogP contribution in [0.3, 0.4) is 0 Å². The van der Waals surface area contributed by atoms with Gasteiger partial charge in [0.1, 0.15) is 5.82 Å². The molecule has 160 valence electrons. The number of aryl methyl sites for hydroxylation is 1. The average molecular weight is 401 g/mol. The number of nitrogens with one attached hydrogen (secondary N) is 1. The van der Waals surface area contributed by atoms with Gasteiger partial charge in [-0.3, -0.25) is 0 Å². The molecule has 3 N–H and O–H groups in total. The second-order valence-electron chi connectivity index (χ2n) is 9.23. The number of nitrogens with two attached hydrogens (primary N) is 1. The maximum absolute atomic E-state index is 12.1. The Bertz CT molecular complexity index is 722. The van der Waals surface area contributed by atoms with Crippen LogP contribution in [0.15, 0.2) is 0 Å². The van der Waals surface area contributed by atoms with Gasteiger partial charge in [-0.1, -0.05) is 12.8 Å². The molecule has 2 fully saturated rings. The van der Waals surface area contributed by atoms with E-state index in [4.69, 9.17) is 15.7 Å². The third kappa shape index (κ3) is 4.43. The highest BCUT2D eigenvalue weighted by molar-refractivity contribution is 5.73. The van der Waals surface area contributed by atoms with Gasteiger partial charge in [0.2, 0.25) is 5.95 Å². The summed E-state index contributed by atoms with van der Waals surface area (Å²) in [6, 6.07) is 0.771. The van der Waals surface area contributed by atoms with Crippen LogP contribution in [0.2, 0.25) is 0 Å². The van der Waals surface area contributed by atoms with Crippen molar-refractivity contribution in [1.82, 2.24) is 14.9 Å². The zero-order valence-electron chi connectivity index (χ0n) is 18.0. The maximum atomic E-state index is 12.1. The lowest BCUT2D eigenvalue weighted by Gasteiger charge is -2.39. The molecule has 2 amide bonds. The molecule has 0 aromatic carbocycles. The zero-order chi connectivity index (χ0) is 20.4. The number of carbonyl (C=O) groups excluding carboxylic acids is 1. The summed E-state index contributed by atoms with van der Waals surface area (Å²) in [5, 5.41) is 3.60. The minimum absolute atomic E-state index is 0.234. The third-order valence-corrected chi connectivity index (χ3v) is 6.98. The van der Waals surface area contributed by atoms with E-state index in [1.165, 1.54) is 36.9 Å². The summed E-state index contributed by atoms with van der Waals surface area (Å²) in [4.78, 5) is 25.9. The van der Waals surface area contributed by atoms with E-state index in [-0.39, 0.29) is 12.1 Å². The fraction of sp³-hybridized carbons (Fsp3) is 0.773.